The molecule has 0 unspecified atom stereocenters. The first-order valence-electron chi connectivity index (χ1n) is 15.9. The van der Waals surface area contributed by atoms with Crippen LogP contribution in [0.25, 0.3) is 83.3 Å². The van der Waals surface area contributed by atoms with E-state index in [1.54, 1.807) is 12.1 Å². The first kappa shape index (κ1) is 28.7. The van der Waals surface area contributed by atoms with E-state index in [-0.39, 0.29) is 16.7 Å². The average Bonchev–Trinajstić information content (AvgIpc) is 3.73. The number of benzene rings is 6. The molecule has 0 N–H and O–H groups in total. The largest absolute Gasteiger partial charge is 0.455 e. The van der Waals surface area contributed by atoms with Crippen LogP contribution in [0.3, 0.4) is 0 Å². The second kappa shape index (κ2) is 11.3. The molecule has 0 aliphatic heterocycles. The lowest BCUT2D eigenvalue weighted by atomic mass is 9.96. The van der Waals surface area contributed by atoms with Crippen molar-refractivity contribution in [3.05, 3.63) is 150 Å². The minimum Gasteiger partial charge on any atom is -0.455 e. The lowest BCUT2D eigenvalue weighted by Gasteiger charge is -2.16. The maximum atomic E-state index is 10.7. The van der Waals surface area contributed by atoms with Crippen molar-refractivity contribution in [1.82, 2.24) is 14.5 Å². The van der Waals surface area contributed by atoms with Gasteiger partial charge in [0.05, 0.1) is 44.6 Å². The zero-order valence-electron chi connectivity index (χ0n) is 26.3. The quantitative estimate of drug-likeness (QED) is 0.189. The summed E-state index contributed by atoms with van der Waals surface area (Å²) >= 11 is 0. The minimum atomic E-state index is 0.251. The Kier molecular flexibility index (Phi) is 6.49. The summed E-state index contributed by atoms with van der Waals surface area (Å²) in [5.41, 5.74) is 7.18. The number of hydrogen-bond acceptors (Lipinski definition) is 6. The maximum Gasteiger partial charge on any atom is 0.160 e. The molecule has 0 spiro atoms. The highest BCUT2D eigenvalue weighted by atomic mass is 16.3. The summed E-state index contributed by atoms with van der Waals surface area (Å²) in [6.45, 7) is 0. The van der Waals surface area contributed by atoms with Gasteiger partial charge in [-0.3, -0.25) is 0 Å². The van der Waals surface area contributed by atoms with E-state index in [2.05, 4.69) is 18.2 Å². The molecule has 3 aromatic heterocycles. The zero-order valence-corrected chi connectivity index (χ0v) is 26.3. The van der Waals surface area contributed by atoms with E-state index in [0.29, 0.717) is 28.5 Å². The molecule has 9 rings (SSSR count). The van der Waals surface area contributed by atoms with Crippen molar-refractivity contribution in [2.45, 2.75) is 0 Å². The molecule has 0 saturated carbocycles. The molecule has 0 aliphatic carbocycles. The molecule has 0 saturated heterocycles. The normalized spacial score (nSPS) is 11.1. The SMILES string of the molecule is N#Cc1cc(-c2nc(-c3ccccc3)nc(-c3ccccc3)c2C#N)cc(C#N)c1-n1c2ccccc2c2c3oc4ccccc4c3ccc21. The number of fused-ring (bicyclic) bond motifs is 7. The Balaban J connectivity index is 1.34. The second-order valence-electron chi connectivity index (χ2n) is 11.9. The topological polar surface area (TPSA) is 115 Å². The highest BCUT2D eigenvalue weighted by Crippen LogP contribution is 2.42. The van der Waals surface area contributed by atoms with Crippen LogP contribution in [0.5, 0.6) is 0 Å². The summed E-state index contributed by atoms with van der Waals surface area (Å²) < 4.78 is 8.41. The fourth-order valence-electron chi connectivity index (χ4n) is 6.96. The molecule has 9 aromatic rings. The number of aromatic nitrogens is 3. The van der Waals surface area contributed by atoms with E-state index < -0.39 is 0 Å². The summed E-state index contributed by atoms with van der Waals surface area (Å²) in [6.07, 6.45) is 0. The molecule has 0 aliphatic rings. The van der Waals surface area contributed by atoms with Crippen LogP contribution in [0.15, 0.2) is 138 Å². The van der Waals surface area contributed by atoms with E-state index in [0.717, 1.165) is 54.9 Å². The lowest BCUT2D eigenvalue weighted by Crippen LogP contribution is -2.04. The fraction of sp³-hybridized carbons (Fsp3) is 0. The summed E-state index contributed by atoms with van der Waals surface area (Å²) in [5, 5.41) is 35.8. The van der Waals surface area contributed by atoms with Gasteiger partial charge in [-0.15, -0.1) is 0 Å². The van der Waals surface area contributed by atoms with E-state index in [9.17, 15) is 15.8 Å². The van der Waals surface area contributed by atoms with Crippen LogP contribution >= 0.6 is 0 Å². The zero-order chi connectivity index (χ0) is 33.8. The fourth-order valence-corrected chi connectivity index (χ4v) is 6.96. The van der Waals surface area contributed by atoms with Crippen LogP contribution in [-0.4, -0.2) is 14.5 Å². The van der Waals surface area contributed by atoms with Gasteiger partial charge in [0.1, 0.15) is 34.9 Å². The Morgan fingerprint density at radius 3 is 1.80 bits per heavy atom. The minimum absolute atomic E-state index is 0.251. The maximum absolute atomic E-state index is 10.7. The molecular weight excluding hydrogens is 617 g/mol. The van der Waals surface area contributed by atoms with E-state index in [4.69, 9.17) is 14.4 Å². The number of nitrogens with zero attached hydrogens (tertiary/aromatic N) is 6. The van der Waals surface area contributed by atoms with Crippen molar-refractivity contribution in [3.63, 3.8) is 0 Å². The molecule has 230 valence electrons. The first-order valence-corrected chi connectivity index (χ1v) is 15.9. The van der Waals surface area contributed by atoms with Crippen LogP contribution in [-0.2, 0) is 0 Å². The summed E-state index contributed by atoms with van der Waals surface area (Å²) in [5.74, 6) is 0.428. The predicted molar refractivity (Wildman–Crippen MR) is 194 cm³/mol. The summed E-state index contributed by atoms with van der Waals surface area (Å²) in [7, 11) is 0. The summed E-state index contributed by atoms with van der Waals surface area (Å²) in [6, 6.07) is 49.4. The number of hydrogen-bond donors (Lipinski definition) is 0. The van der Waals surface area contributed by atoms with E-state index in [1.807, 2.05) is 126 Å². The Labute approximate surface area is 285 Å². The van der Waals surface area contributed by atoms with Crippen LogP contribution in [0, 0.1) is 34.0 Å². The molecule has 0 bridgehead atoms. The number of rotatable bonds is 4. The Morgan fingerprint density at radius 1 is 0.520 bits per heavy atom. The molecular formula is C43H22N6O. The van der Waals surface area contributed by atoms with Gasteiger partial charge in [0, 0.05) is 32.8 Å². The van der Waals surface area contributed by atoms with Crippen molar-refractivity contribution in [3.8, 4) is 57.8 Å². The van der Waals surface area contributed by atoms with Gasteiger partial charge >= 0.3 is 0 Å². The van der Waals surface area contributed by atoms with Gasteiger partial charge < -0.3 is 8.98 Å². The van der Waals surface area contributed by atoms with E-state index >= 15 is 0 Å². The van der Waals surface area contributed by atoms with Crippen molar-refractivity contribution in [1.29, 1.82) is 15.8 Å². The third kappa shape index (κ3) is 4.27. The smallest absolute Gasteiger partial charge is 0.160 e. The Bertz CT molecular complexity index is 2920. The third-order valence-corrected chi connectivity index (χ3v) is 9.13. The highest BCUT2D eigenvalue weighted by Gasteiger charge is 2.25. The van der Waals surface area contributed by atoms with Crippen LogP contribution in [0.2, 0.25) is 0 Å². The van der Waals surface area contributed by atoms with Crippen LogP contribution in [0.1, 0.15) is 16.7 Å². The molecule has 7 heteroatoms. The van der Waals surface area contributed by atoms with Crippen LogP contribution in [0.4, 0.5) is 0 Å². The van der Waals surface area contributed by atoms with Gasteiger partial charge in [-0.1, -0.05) is 97.1 Å². The lowest BCUT2D eigenvalue weighted by molar-refractivity contribution is 0.673. The van der Waals surface area contributed by atoms with Crippen LogP contribution < -0.4 is 0 Å². The summed E-state index contributed by atoms with van der Waals surface area (Å²) in [4.78, 5) is 9.74. The van der Waals surface area contributed by atoms with Crippen molar-refractivity contribution in [2.24, 2.45) is 0 Å². The molecule has 0 fully saturated rings. The van der Waals surface area contributed by atoms with Crippen molar-refractivity contribution < 1.29 is 4.42 Å². The molecule has 7 nitrogen and oxygen atoms in total. The average molecular weight is 639 g/mol. The van der Waals surface area contributed by atoms with Crippen molar-refractivity contribution >= 4 is 43.7 Å². The Hall–Kier alpha value is -7.53. The molecule has 6 aromatic carbocycles. The molecule has 3 heterocycles. The van der Waals surface area contributed by atoms with Crippen molar-refractivity contribution in [2.75, 3.05) is 0 Å². The number of furan rings is 1. The predicted octanol–water partition coefficient (Wildman–Crippen LogP) is 10.1. The monoisotopic (exact) mass is 638 g/mol. The second-order valence-corrected chi connectivity index (χ2v) is 11.9. The van der Waals surface area contributed by atoms with Gasteiger partial charge in [-0.2, -0.15) is 15.8 Å². The van der Waals surface area contributed by atoms with Gasteiger partial charge in [-0.05, 0) is 36.4 Å². The standard InChI is InChI=1S/C43H22N6O/c44-23-29-21-28(40-34(25-46)39(26-11-3-1-4-12-26)47-43(48-40)27-13-5-2-6-14-27)22-30(24-45)41(29)49-35-17-9-7-16-33(35)38-36(49)20-19-32-31-15-8-10-18-37(31)50-42(32)38/h1-22H. The first-order chi connectivity index (χ1) is 24.7. The third-order valence-electron chi connectivity index (χ3n) is 9.13. The Morgan fingerprint density at radius 2 is 1.12 bits per heavy atom. The highest BCUT2D eigenvalue weighted by molar-refractivity contribution is 6.24. The van der Waals surface area contributed by atoms with Gasteiger partial charge in [-0.25, -0.2) is 9.97 Å². The number of para-hydroxylation sites is 2. The molecule has 0 amide bonds. The van der Waals surface area contributed by atoms with Gasteiger partial charge in [0.2, 0.25) is 0 Å². The number of nitriles is 3. The van der Waals surface area contributed by atoms with E-state index in [1.165, 1.54) is 0 Å². The van der Waals surface area contributed by atoms with Gasteiger partial charge in [0.15, 0.2) is 5.82 Å². The molecule has 50 heavy (non-hydrogen) atoms. The molecule has 0 radical (unpaired) electrons. The van der Waals surface area contributed by atoms with Gasteiger partial charge in [0.25, 0.3) is 0 Å². The molecule has 0 atom stereocenters.